The highest BCUT2D eigenvalue weighted by atomic mass is 16.5. The standard InChI is InChI=1S/C14H21N3O2/c1-14(2,3)16-11-4-5-15-12(10-11)13(18)17-6-8-19-9-7-17/h4-5,10H,6-9H2,1-3H3,(H,15,16). The van der Waals surface area contributed by atoms with Crippen LogP contribution in [0.25, 0.3) is 0 Å². The molecule has 0 aliphatic carbocycles. The van der Waals surface area contributed by atoms with E-state index in [0.717, 1.165) is 5.69 Å². The summed E-state index contributed by atoms with van der Waals surface area (Å²) in [6.07, 6.45) is 1.67. The van der Waals surface area contributed by atoms with Crippen LogP contribution < -0.4 is 5.32 Å². The molecule has 0 bridgehead atoms. The van der Waals surface area contributed by atoms with Crippen LogP contribution in [0.5, 0.6) is 0 Å². The van der Waals surface area contributed by atoms with Crippen molar-refractivity contribution in [1.82, 2.24) is 9.88 Å². The van der Waals surface area contributed by atoms with Gasteiger partial charge in [-0.25, -0.2) is 0 Å². The van der Waals surface area contributed by atoms with Crippen molar-refractivity contribution in [2.45, 2.75) is 26.3 Å². The van der Waals surface area contributed by atoms with Gasteiger partial charge in [0.1, 0.15) is 5.69 Å². The summed E-state index contributed by atoms with van der Waals surface area (Å²) < 4.78 is 5.25. The third kappa shape index (κ3) is 3.92. The second-order valence-corrected chi connectivity index (χ2v) is 5.71. The van der Waals surface area contributed by atoms with Crippen LogP contribution >= 0.6 is 0 Å². The maximum Gasteiger partial charge on any atom is 0.272 e. The number of carbonyl (C=O) groups is 1. The molecule has 0 saturated carbocycles. The second-order valence-electron chi connectivity index (χ2n) is 5.71. The van der Waals surface area contributed by atoms with Crippen molar-refractivity contribution in [2.75, 3.05) is 31.6 Å². The molecule has 1 amide bonds. The molecule has 0 spiro atoms. The summed E-state index contributed by atoms with van der Waals surface area (Å²) in [5.41, 5.74) is 1.36. The molecule has 5 heteroatoms. The molecular formula is C14H21N3O2. The molecule has 0 aromatic carbocycles. The third-order valence-electron chi connectivity index (χ3n) is 2.80. The average molecular weight is 263 g/mol. The summed E-state index contributed by atoms with van der Waals surface area (Å²) in [5, 5.41) is 3.34. The second kappa shape index (κ2) is 5.57. The van der Waals surface area contributed by atoms with Crippen LogP contribution in [0.2, 0.25) is 0 Å². The van der Waals surface area contributed by atoms with E-state index in [1.54, 1.807) is 11.1 Å². The largest absolute Gasteiger partial charge is 0.380 e. The maximum absolute atomic E-state index is 12.3. The molecule has 1 fully saturated rings. The molecule has 1 aromatic rings. The van der Waals surface area contributed by atoms with Crippen molar-refractivity contribution < 1.29 is 9.53 Å². The maximum atomic E-state index is 12.3. The van der Waals surface area contributed by atoms with Gasteiger partial charge in [0.15, 0.2) is 0 Å². The highest BCUT2D eigenvalue weighted by molar-refractivity contribution is 5.93. The van der Waals surface area contributed by atoms with Crippen LogP contribution in [-0.4, -0.2) is 47.6 Å². The first-order valence-corrected chi connectivity index (χ1v) is 6.57. The number of amides is 1. The van der Waals surface area contributed by atoms with E-state index < -0.39 is 0 Å². The molecular weight excluding hydrogens is 242 g/mol. The Morgan fingerprint density at radius 3 is 2.68 bits per heavy atom. The highest BCUT2D eigenvalue weighted by Crippen LogP contribution is 2.16. The number of morpholine rings is 1. The van der Waals surface area contributed by atoms with E-state index in [-0.39, 0.29) is 11.4 Å². The lowest BCUT2D eigenvalue weighted by Gasteiger charge is -2.27. The Hall–Kier alpha value is -1.62. The van der Waals surface area contributed by atoms with E-state index in [1.807, 2.05) is 12.1 Å². The van der Waals surface area contributed by atoms with Crippen molar-refractivity contribution in [3.8, 4) is 0 Å². The number of carbonyl (C=O) groups excluding carboxylic acids is 1. The molecule has 2 heterocycles. The zero-order valence-corrected chi connectivity index (χ0v) is 11.8. The Morgan fingerprint density at radius 2 is 2.05 bits per heavy atom. The minimum absolute atomic E-state index is 0.0270. The first kappa shape index (κ1) is 13.8. The molecule has 5 nitrogen and oxygen atoms in total. The summed E-state index contributed by atoms with van der Waals surface area (Å²) in [6.45, 7) is 8.72. The van der Waals surface area contributed by atoms with Gasteiger partial charge in [0.05, 0.1) is 13.2 Å². The van der Waals surface area contributed by atoms with Crippen molar-refractivity contribution in [2.24, 2.45) is 0 Å². The number of ether oxygens (including phenoxy) is 1. The Morgan fingerprint density at radius 1 is 1.37 bits per heavy atom. The number of nitrogens with one attached hydrogen (secondary N) is 1. The number of rotatable bonds is 2. The predicted molar refractivity (Wildman–Crippen MR) is 74.3 cm³/mol. The van der Waals surface area contributed by atoms with E-state index in [4.69, 9.17) is 4.74 Å². The molecule has 104 valence electrons. The van der Waals surface area contributed by atoms with Gasteiger partial charge in [-0.05, 0) is 32.9 Å². The van der Waals surface area contributed by atoms with Crippen LogP contribution in [0.15, 0.2) is 18.3 Å². The monoisotopic (exact) mass is 263 g/mol. The molecule has 0 unspecified atom stereocenters. The number of anilines is 1. The van der Waals surface area contributed by atoms with Gasteiger partial charge in [0.2, 0.25) is 0 Å². The van der Waals surface area contributed by atoms with E-state index >= 15 is 0 Å². The molecule has 1 saturated heterocycles. The molecule has 2 rings (SSSR count). The third-order valence-corrected chi connectivity index (χ3v) is 2.80. The number of pyridine rings is 1. The van der Waals surface area contributed by atoms with Crippen molar-refractivity contribution >= 4 is 11.6 Å². The number of hydrogen-bond acceptors (Lipinski definition) is 4. The Bertz CT molecular complexity index is 448. The van der Waals surface area contributed by atoms with Gasteiger partial charge in [0.25, 0.3) is 5.91 Å². The summed E-state index contributed by atoms with van der Waals surface area (Å²) in [6, 6.07) is 3.68. The van der Waals surface area contributed by atoms with Gasteiger partial charge in [-0.3, -0.25) is 9.78 Å². The van der Waals surface area contributed by atoms with Crippen LogP contribution in [0, 0.1) is 0 Å². The molecule has 1 aromatic heterocycles. The lowest BCUT2D eigenvalue weighted by molar-refractivity contribution is 0.0299. The lowest BCUT2D eigenvalue weighted by Crippen LogP contribution is -2.41. The van der Waals surface area contributed by atoms with Crippen molar-refractivity contribution in [3.05, 3.63) is 24.0 Å². The molecule has 1 N–H and O–H groups in total. The normalized spacial score (nSPS) is 16.3. The SMILES string of the molecule is CC(C)(C)Nc1ccnc(C(=O)N2CCOCC2)c1. The summed E-state index contributed by atoms with van der Waals surface area (Å²) in [4.78, 5) is 18.3. The van der Waals surface area contributed by atoms with Gasteiger partial charge in [-0.15, -0.1) is 0 Å². The molecule has 0 radical (unpaired) electrons. The molecule has 1 aliphatic heterocycles. The smallest absolute Gasteiger partial charge is 0.272 e. The highest BCUT2D eigenvalue weighted by Gasteiger charge is 2.20. The Balaban J connectivity index is 2.11. The Labute approximate surface area is 114 Å². The van der Waals surface area contributed by atoms with Crippen LogP contribution in [0.1, 0.15) is 31.3 Å². The fourth-order valence-electron chi connectivity index (χ4n) is 1.99. The molecule has 0 atom stereocenters. The lowest BCUT2D eigenvalue weighted by atomic mass is 10.1. The van der Waals surface area contributed by atoms with Gasteiger partial charge in [-0.1, -0.05) is 0 Å². The van der Waals surface area contributed by atoms with Gasteiger partial charge in [0, 0.05) is 30.5 Å². The molecule has 19 heavy (non-hydrogen) atoms. The minimum Gasteiger partial charge on any atom is -0.380 e. The summed E-state index contributed by atoms with van der Waals surface area (Å²) in [7, 11) is 0. The van der Waals surface area contributed by atoms with Gasteiger partial charge in [-0.2, -0.15) is 0 Å². The van der Waals surface area contributed by atoms with Crippen LogP contribution in [0.4, 0.5) is 5.69 Å². The summed E-state index contributed by atoms with van der Waals surface area (Å²) >= 11 is 0. The summed E-state index contributed by atoms with van der Waals surface area (Å²) in [5.74, 6) is -0.0270. The van der Waals surface area contributed by atoms with E-state index in [1.165, 1.54) is 0 Å². The van der Waals surface area contributed by atoms with E-state index in [0.29, 0.717) is 32.0 Å². The van der Waals surface area contributed by atoms with Gasteiger partial charge < -0.3 is 15.0 Å². The predicted octanol–water partition coefficient (Wildman–Crippen LogP) is 1.76. The minimum atomic E-state index is -0.0410. The van der Waals surface area contributed by atoms with Gasteiger partial charge >= 0.3 is 0 Å². The zero-order chi connectivity index (χ0) is 13.9. The number of aromatic nitrogens is 1. The fourth-order valence-corrected chi connectivity index (χ4v) is 1.99. The van der Waals surface area contributed by atoms with Crippen molar-refractivity contribution in [1.29, 1.82) is 0 Å². The average Bonchev–Trinajstić information content (AvgIpc) is 2.37. The zero-order valence-electron chi connectivity index (χ0n) is 11.8. The fraction of sp³-hybridized carbons (Fsp3) is 0.571. The quantitative estimate of drug-likeness (QED) is 0.883. The first-order chi connectivity index (χ1) is 8.96. The van der Waals surface area contributed by atoms with Crippen molar-refractivity contribution in [3.63, 3.8) is 0 Å². The topological polar surface area (TPSA) is 54.5 Å². The van der Waals surface area contributed by atoms with E-state index in [9.17, 15) is 4.79 Å². The molecule has 1 aliphatic rings. The number of hydrogen-bond donors (Lipinski definition) is 1. The van der Waals surface area contributed by atoms with Crippen LogP contribution in [-0.2, 0) is 4.74 Å². The first-order valence-electron chi connectivity index (χ1n) is 6.57. The number of nitrogens with zero attached hydrogens (tertiary/aromatic N) is 2. The van der Waals surface area contributed by atoms with E-state index in [2.05, 4.69) is 31.1 Å². The Kier molecular flexibility index (Phi) is 4.04. The van der Waals surface area contributed by atoms with Crippen LogP contribution in [0.3, 0.4) is 0 Å².